The van der Waals surface area contributed by atoms with E-state index in [1.165, 1.54) is 18.2 Å². The molecular weight excluding hydrogens is 534 g/mol. The van der Waals surface area contributed by atoms with Gasteiger partial charge in [0, 0.05) is 19.4 Å². The third-order valence-electron chi connectivity index (χ3n) is 7.73. The Kier molecular flexibility index (Phi) is 7.34. The first-order valence-electron chi connectivity index (χ1n) is 13.2. The highest BCUT2D eigenvalue weighted by molar-refractivity contribution is 7.92. The number of rotatable bonds is 7. The maximum absolute atomic E-state index is 14.6. The summed E-state index contributed by atoms with van der Waals surface area (Å²) in [5, 5.41) is 8.92. The lowest BCUT2D eigenvalue weighted by molar-refractivity contribution is 0.352. The number of nitrogens with zero attached hydrogens (tertiary/aromatic N) is 5. The Labute approximate surface area is 233 Å². The fraction of sp³-hybridized carbons (Fsp3) is 0.345. The number of aromatic nitrogens is 5. The molecule has 11 heteroatoms. The Morgan fingerprint density at radius 1 is 1.07 bits per heavy atom. The summed E-state index contributed by atoms with van der Waals surface area (Å²) in [5.41, 5.74) is 3.71. The molecule has 0 spiro atoms. The minimum absolute atomic E-state index is 0. The third kappa shape index (κ3) is 5.05. The Bertz CT molecular complexity index is 1680. The largest absolute Gasteiger partial charge is 0.267 e. The van der Waals surface area contributed by atoms with Crippen LogP contribution in [-0.2, 0) is 15.4 Å². The normalized spacial score (nSPS) is 18.8. The lowest BCUT2D eigenvalue weighted by atomic mass is 9.65. The highest BCUT2D eigenvalue weighted by Crippen LogP contribution is 2.49. The summed E-state index contributed by atoms with van der Waals surface area (Å²) in [5.74, 6) is -0.943. The van der Waals surface area contributed by atoms with Crippen molar-refractivity contribution >= 4 is 15.8 Å². The SMILES string of the molecule is CC[C@H]1CC[C@](CC)(c2cncc(-c3cnc(NS(C)(=O)=O)c(C)c3)n2)c2nnc(-c3c(F)cccc3F)cc21.[HH]. The molecule has 1 aliphatic rings. The van der Waals surface area contributed by atoms with Crippen molar-refractivity contribution in [2.24, 2.45) is 0 Å². The molecule has 0 saturated carbocycles. The van der Waals surface area contributed by atoms with E-state index in [9.17, 15) is 17.2 Å². The Balaban J connectivity index is 0.00000387. The molecule has 0 fully saturated rings. The summed E-state index contributed by atoms with van der Waals surface area (Å²) in [6.07, 6.45) is 9.14. The molecule has 0 bridgehead atoms. The van der Waals surface area contributed by atoms with Gasteiger partial charge in [0.05, 0.1) is 46.2 Å². The van der Waals surface area contributed by atoms with E-state index in [1.54, 1.807) is 31.6 Å². The van der Waals surface area contributed by atoms with Gasteiger partial charge in [-0.15, -0.1) is 5.10 Å². The predicted octanol–water partition coefficient (Wildman–Crippen LogP) is 6.18. The fourth-order valence-corrected chi connectivity index (χ4v) is 6.15. The molecule has 8 nitrogen and oxygen atoms in total. The number of hydrogen-bond acceptors (Lipinski definition) is 7. The minimum atomic E-state index is -3.47. The number of halogens is 2. The number of aryl methyl sites for hydroxylation is 1. The Morgan fingerprint density at radius 2 is 1.82 bits per heavy atom. The Morgan fingerprint density at radius 3 is 2.48 bits per heavy atom. The average molecular weight is 567 g/mol. The summed E-state index contributed by atoms with van der Waals surface area (Å²) in [6.45, 7) is 5.92. The smallest absolute Gasteiger partial charge is 0.230 e. The molecule has 0 amide bonds. The van der Waals surface area contributed by atoms with Crippen LogP contribution in [0.4, 0.5) is 14.6 Å². The molecule has 0 unspecified atom stereocenters. The van der Waals surface area contributed by atoms with Crippen LogP contribution in [0.1, 0.15) is 69.4 Å². The van der Waals surface area contributed by atoms with Gasteiger partial charge in [0.25, 0.3) is 0 Å². The first-order chi connectivity index (χ1) is 19.1. The molecule has 0 radical (unpaired) electrons. The van der Waals surface area contributed by atoms with Gasteiger partial charge in [0.2, 0.25) is 10.0 Å². The number of nitrogens with one attached hydrogen (secondary N) is 1. The molecule has 0 aliphatic heterocycles. The van der Waals surface area contributed by atoms with Crippen LogP contribution in [0.15, 0.2) is 48.9 Å². The Hall–Kier alpha value is -3.86. The van der Waals surface area contributed by atoms with Crippen molar-refractivity contribution in [1.29, 1.82) is 0 Å². The molecule has 1 N–H and O–H groups in total. The topological polar surface area (TPSA) is 111 Å². The van der Waals surface area contributed by atoms with Gasteiger partial charge in [0.15, 0.2) is 0 Å². The first-order valence-corrected chi connectivity index (χ1v) is 15.0. The maximum Gasteiger partial charge on any atom is 0.230 e. The fourth-order valence-electron chi connectivity index (χ4n) is 5.58. The molecule has 3 aromatic heterocycles. The van der Waals surface area contributed by atoms with E-state index in [0.29, 0.717) is 23.2 Å². The zero-order chi connectivity index (χ0) is 28.7. The van der Waals surface area contributed by atoms with Gasteiger partial charge in [-0.05, 0) is 73.9 Å². The number of anilines is 1. The molecule has 4 aromatic rings. The zero-order valence-corrected chi connectivity index (χ0v) is 23.6. The molecule has 1 aromatic carbocycles. The van der Waals surface area contributed by atoms with Crippen LogP contribution < -0.4 is 4.72 Å². The van der Waals surface area contributed by atoms with E-state index in [4.69, 9.17) is 4.98 Å². The molecule has 210 valence electrons. The summed E-state index contributed by atoms with van der Waals surface area (Å²) in [6, 6.07) is 7.35. The van der Waals surface area contributed by atoms with Gasteiger partial charge in [-0.1, -0.05) is 19.9 Å². The number of hydrogen-bond donors (Lipinski definition) is 1. The standard InChI is InChI=1S/C29H30F2N6O2S.H2/c1-5-18-10-11-29(6-2,27-20(18)13-23(35-36-27)26-21(30)8-7-9-22(26)31)25-16-32-15-24(34-25)19-12-17(3)28(33-14-19)37-40(4,38)39;/h7-9,12-16,18H,5-6,10-11H2,1-4H3,(H,33,37);1H/t18-,29+;/m0./s1. The molecular formula is C29H32F2N6O2S. The van der Waals surface area contributed by atoms with E-state index in [0.717, 1.165) is 42.5 Å². The van der Waals surface area contributed by atoms with Crippen LogP contribution in [0.3, 0.4) is 0 Å². The van der Waals surface area contributed by atoms with Crippen molar-refractivity contribution in [2.45, 2.75) is 57.8 Å². The number of sulfonamides is 1. The van der Waals surface area contributed by atoms with E-state index in [-0.39, 0.29) is 24.4 Å². The molecule has 2 atom stereocenters. The van der Waals surface area contributed by atoms with Gasteiger partial charge in [0.1, 0.15) is 17.5 Å². The van der Waals surface area contributed by atoms with Crippen LogP contribution in [-0.4, -0.2) is 39.8 Å². The van der Waals surface area contributed by atoms with Crippen molar-refractivity contribution in [3.63, 3.8) is 0 Å². The van der Waals surface area contributed by atoms with Gasteiger partial charge < -0.3 is 0 Å². The van der Waals surface area contributed by atoms with Crippen LogP contribution in [0.2, 0.25) is 0 Å². The van der Waals surface area contributed by atoms with Crippen LogP contribution >= 0.6 is 0 Å². The van der Waals surface area contributed by atoms with Crippen LogP contribution in [0.25, 0.3) is 22.5 Å². The van der Waals surface area contributed by atoms with E-state index in [2.05, 4.69) is 38.7 Å². The number of pyridine rings is 1. The second-order valence-electron chi connectivity index (χ2n) is 10.3. The molecule has 3 heterocycles. The summed E-state index contributed by atoms with van der Waals surface area (Å²) in [4.78, 5) is 13.8. The van der Waals surface area contributed by atoms with Crippen molar-refractivity contribution in [3.05, 3.63) is 83.1 Å². The monoisotopic (exact) mass is 566 g/mol. The second kappa shape index (κ2) is 10.6. The maximum atomic E-state index is 14.6. The summed E-state index contributed by atoms with van der Waals surface area (Å²) >= 11 is 0. The minimum Gasteiger partial charge on any atom is -0.267 e. The third-order valence-corrected chi connectivity index (χ3v) is 8.30. The van der Waals surface area contributed by atoms with Crippen LogP contribution in [0.5, 0.6) is 0 Å². The van der Waals surface area contributed by atoms with E-state index < -0.39 is 27.1 Å². The first kappa shape index (κ1) is 27.7. The van der Waals surface area contributed by atoms with Gasteiger partial charge in [-0.3, -0.25) is 9.71 Å². The average Bonchev–Trinajstić information content (AvgIpc) is 2.93. The molecule has 40 heavy (non-hydrogen) atoms. The van der Waals surface area contributed by atoms with E-state index in [1.807, 2.05) is 6.07 Å². The lowest BCUT2D eigenvalue weighted by Crippen LogP contribution is -2.36. The predicted molar refractivity (Wildman–Crippen MR) is 151 cm³/mol. The summed E-state index contributed by atoms with van der Waals surface area (Å²) < 4.78 is 54.9. The van der Waals surface area contributed by atoms with Crippen LogP contribution in [0, 0.1) is 18.6 Å². The van der Waals surface area contributed by atoms with Gasteiger partial charge >= 0.3 is 0 Å². The van der Waals surface area contributed by atoms with Crippen molar-refractivity contribution in [2.75, 3.05) is 11.0 Å². The molecule has 0 saturated heterocycles. The number of benzene rings is 1. The van der Waals surface area contributed by atoms with Crippen molar-refractivity contribution in [3.8, 4) is 22.5 Å². The zero-order valence-electron chi connectivity index (χ0n) is 22.7. The van der Waals surface area contributed by atoms with Gasteiger partial charge in [-0.2, -0.15) is 5.10 Å². The highest BCUT2D eigenvalue weighted by atomic mass is 32.2. The number of fused-ring (bicyclic) bond motifs is 1. The van der Waals surface area contributed by atoms with Crippen molar-refractivity contribution in [1.82, 2.24) is 25.1 Å². The van der Waals surface area contributed by atoms with Crippen molar-refractivity contribution < 1.29 is 18.6 Å². The van der Waals surface area contributed by atoms with Gasteiger partial charge in [-0.25, -0.2) is 27.2 Å². The second-order valence-corrected chi connectivity index (χ2v) is 12.0. The lowest BCUT2D eigenvalue weighted by Gasteiger charge is -2.39. The molecule has 5 rings (SSSR count). The van der Waals surface area contributed by atoms with E-state index >= 15 is 0 Å². The summed E-state index contributed by atoms with van der Waals surface area (Å²) in [7, 11) is -3.47. The quantitative estimate of drug-likeness (QED) is 0.284. The highest BCUT2D eigenvalue weighted by Gasteiger charge is 2.43. The molecule has 1 aliphatic carbocycles.